The second-order valence-corrected chi connectivity index (χ2v) is 12.9. The van der Waals surface area contributed by atoms with Crippen LogP contribution < -0.4 is 5.32 Å². The zero-order valence-electron chi connectivity index (χ0n) is 26.3. The number of Topliss-reactive ketones (excluding diaryl/α,β-unsaturated/α-hetero) is 1. The van der Waals surface area contributed by atoms with Crippen LogP contribution in [0.25, 0.3) is 5.69 Å². The van der Waals surface area contributed by atoms with E-state index in [9.17, 15) is 28.8 Å². The number of halogens is 1. The lowest BCUT2D eigenvalue weighted by Gasteiger charge is -2.32. The van der Waals surface area contributed by atoms with Gasteiger partial charge < -0.3 is 24.4 Å². The summed E-state index contributed by atoms with van der Waals surface area (Å²) in [6.45, 7) is 3.02. The molecule has 252 valence electrons. The molecule has 4 rings (SSSR count). The highest BCUT2D eigenvalue weighted by atomic mass is 35.5. The lowest BCUT2D eigenvalue weighted by Crippen LogP contribution is -2.50. The smallest absolute Gasteiger partial charge is 0.340 e. The van der Waals surface area contributed by atoms with E-state index in [4.69, 9.17) is 20.6 Å². The van der Waals surface area contributed by atoms with Crippen LogP contribution in [-0.2, 0) is 29.6 Å². The number of aromatic carboxylic acids is 1. The Hall–Kier alpha value is -4.68. The van der Waals surface area contributed by atoms with E-state index in [0.29, 0.717) is 16.3 Å². The van der Waals surface area contributed by atoms with Gasteiger partial charge in [0.25, 0.3) is 0 Å². The van der Waals surface area contributed by atoms with Crippen LogP contribution in [0.4, 0.5) is 5.69 Å². The number of rotatable bonds is 17. The number of carbonyl (C=O) groups is 4. The van der Waals surface area contributed by atoms with Crippen molar-refractivity contribution in [3.63, 3.8) is 0 Å². The van der Waals surface area contributed by atoms with Gasteiger partial charge in [-0.3, -0.25) is 18.9 Å². The minimum absolute atomic E-state index is 0.0170. The number of carboxylic acids is 1. The Bertz CT molecular complexity index is 1760. The molecule has 0 fully saturated rings. The van der Waals surface area contributed by atoms with Gasteiger partial charge in [-0.2, -0.15) is 0 Å². The van der Waals surface area contributed by atoms with Gasteiger partial charge in [-0.25, -0.2) is 9.48 Å². The average molecular weight is 696 g/mol. The van der Waals surface area contributed by atoms with E-state index >= 15 is 0 Å². The fraction of sp³-hybridized carbons (Fsp3) is 0.273. The molecule has 0 aliphatic carbocycles. The van der Waals surface area contributed by atoms with E-state index in [1.165, 1.54) is 46.1 Å². The van der Waals surface area contributed by atoms with Gasteiger partial charge in [0.2, 0.25) is 11.8 Å². The normalized spacial score (nSPS) is 11.9. The number of aromatic nitrogens is 3. The molecule has 0 saturated carbocycles. The quantitative estimate of drug-likeness (QED) is 0.106. The van der Waals surface area contributed by atoms with Crippen molar-refractivity contribution in [1.82, 2.24) is 19.9 Å². The molecule has 0 spiro atoms. The maximum Gasteiger partial charge on any atom is 0.340 e. The Labute approximate surface area is 282 Å². The van der Waals surface area contributed by atoms with Crippen LogP contribution >= 0.6 is 19.2 Å². The van der Waals surface area contributed by atoms with Crippen molar-refractivity contribution in [3.05, 3.63) is 107 Å². The third-order valence-corrected chi connectivity index (χ3v) is 9.36. The van der Waals surface area contributed by atoms with Gasteiger partial charge in [-0.15, -0.1) is 5.10 Å². The monoisotopic (exact) mass is 695 g/mol. The molecule has 0 unspecified atom stereocenters. The van der Waals surface area contributed by atoms with Gasteiger partial charge in [0.1, 0.15) is 12.2 Å². The highest BCUT2D eigenvalue weighted by molar-refractivity contribution is 7.54. The molecule has 0 radical (unpaired) electrons. The van der Waals surface area contributed by atoms with Crippen molar-refractivity contribution in [1.29, 1.82) is 0 Å². The standard InChI is InChI=1S/C33H35ClN5O8P/c1-3-46-48(45,47-4-2)22-31(41)38(18-16-30(40)27-21-25(34)12-15-28(27)39-19-17-35-37-39)29(20-23-8-6-5-7-9-23)32(42)36-26-13-10-24(11-14-26)33(43)44/h5-15,17,19,21,29H,3-4,16,18,20,22H2,1-2H3,(H,36,42)(H,43,44)/t29-/m0/s1. The molecule has 1 aromatic heterocycles. The second-order valence-electron chi connectivity index (χ2n) is 10.5. The predicted molar refractivity (Wildman–Crippen MR) is 179 cm³/mol. The molecule has 0 aliphatic rings. The average Bonchev–Trinajstić information content (AvgIpc) is 3.60. The van der Waals surface area contributed by atoms with E-state index in [0.717, 1.165) is 0 Å². The summed E-state index contributed by atoms with van der Waals surface area (Å²) < 4.78 is 25.7. The molecule has 2 N–H and O–H groups in total. The highest BCUT2D eigenvalue weighted by Gasteiger charge is 2.36. The molecular weight excluding hydrogens is 661 g/mol. The van der Waals surface area contributed by atoms with Gasteiger partial charge in [-0.05, 0) is 61.9 Å². The number of ketones is 1. The lowest BCUT2D eigenvalue weighted by molar-refractivity contribution is -0.136. The number of benzene rings is 3. The van der Waals surface area contributed by atoms with Crippen molar-refractivity contribution in [2.24, 2.45) is 0 Å². The third-order valence-electron chi connectivity index (χ3n) is 7.16. The summed E-state index contributed by atoms with van der Waals surface area (Å²) in [5.74, 6) is -2.87. The number of nitrogens with one attached hydrogen (secondary N) is 1. The van der Waals surface area contributed by atoms with E-state index < -0.39 is 43.4 Å². The number of nitrogens with zero attached hydrogens (tertiary/aromatic N) is 4. The summed E-state index contributed by atoms with van der Waals surface area (Å²) in [4.78, 5) is 54.3. The van der Waals surface area contributed by atoms with Crippen LogP contribution in [0, 0.1) is 0 Å². The second kappa shape index (κ2) is 16.9. The van der Waals surface area contributed by atoms with Crippen molar-refractivity contribution in [3.8, 4) is 5.69 Å². The molecule has 1 atom stereocenters. The molecule has 48 heavy (non-hydrogen) atoms. The number of anilines is 1. The fourth-order valence-corrected chi connectivity index (χ4v) is 6.69. The van der Waals surface area contributed by atoms with Gasteiger partial charge >= 0.3 is 13.6 Å². The highest BCUT2D eigenvalue weighted by Crippen LogP contribution is 2.48. The molecule has 0 bridgehead atoms. The lowest BCUT2D eigenvalue weighted by atomic mass is 10.0. The Morgan fingerprint density at radius 2 is 1.69 bits per heavy atom. The number of amides is 2. The molecule has 13 nitrogen and oxygen atoms in total. The molecule has 0 aliphatic heterocycles. The van der Waals surface area contributed by atoms with Crippen molar-refractivity contribution < 1.29 is 37.9 Å². The minimum atomic E-state index is -3.92. The van der Waals surface area contributed by atoms with E-state index in [-0.39, 0.29) is 49.4 Å². The van der Waals surface area contributed by atoms with Gasteiger partial charge in [0.15, 0.2) is 5.78 Å². The van der Waals surface area contributed by atoms with E-state index in [1.54, 1.807) is 56.4 Å². The number of carboxylic acid groups (broad SMARTS) is 1. The SMILES string of the molecule is CCOP(=O)(CC(=O)N(CCC(=O)c1cc(Cl)ccc1-n1ccnn1)[C@@H](Cc1ccccc1)C(=O)Nc1ccc(C(=O)O)cc1)OCC. The van der Waals surface area contributed by atoms with Crippen LogP contribution in [0.5, 0.6) is 0 Å². The first kappa shape index (κ1) is 36.2. The summed E-state index contributed by atoms with van der Waals surface area (Å²) >= 11 is 6.25. The summed E-state index contributed by atoms with van der Waals surface area (Å²) in [5.41, 5.74) is 1.66. The molecule has 4 aromatic rings. The molecular formula is C33H35ClN5O8P. The topological polar surface area (TPSA) is 170 Å². The summed E-state index contributed by atoms with van der Waals surface area (Å²) in [5, 5.41) is 20.1. The Morgan fingerprint density at radius 3 is 2.29 bits per heavy atom. The summed E-state index contributed by atoms with van der Waals surface area (Å²) in [7, 11) is -3.92. The Morgan fingerprint density at radius 1 is 1.00 bits per heavy atom. The third kappa shape index (κ3) is 9.68. The first-order chi connectivity index (χ1) is 23.0. The van der Waals surface area contributed by atoms with Crippen LogP contribution in [-0.4, -0.2) is 80.5 Å². The van der Waals surface area contributed by atoms with E-state index in [1.807, 2.05) is 6.07 Å². The van der Waals surface area contributed by atoms with Gasteiger partial charge in [0, 0.05) is 35.7 Å². The van der Waals surface area contributed by atoms with E-state index in [2.05, 4.69) is 15.6 Å². The Balaban J connectivity index is 1.71. The van der Waals surface area contributed by atoms with Crippen LogP contribution in [0.2, 0.25) is 5.02 Å². The van der Waals surface area contributed by atoms with Crippen molar-refractivity contribution in [2.75, 3.05) is 31.2 Å². The Kier molecular flexibility index (Phi) is 12.8. The van der Waals surface area contributed by atoms with Gasteiger partial charge in [0.05, 0.1) is 36.9 Å². The number of carbonyl (C=O) groups excluding carboxylic acids is 3. The zero-order valence-corrected chi connectivity index (χ0v) is 28.0. The fourth-order valence-electron chi connectivity index (χ4n) is 4.96. The van der Waals surface area contributed by atoms with Crippen LogP contribution in [0.15, 0.2) is 85.2 Å². The number of hydrogen-bond acceptors (Lipinski definition) is 9. The summed E-state index contributed by atoms with van der Waals surface area (Å²) in [6.07, 6.45) is 2.15. The first-order valence-electron chi connectivity index (χ1n) is 15.1. The summed E-state index contributed by atoms with van der Waals surface area (Å²) in [6, 6.07) is 18.0. The number of hydrogen-bond donors (Lipinski definition) is 2. The predicted octanol–water partition coefficient (Wildman–Crippen LogP) is 5.54. The largest absolute Gasteiger partial charge is 0.478 e. The van der Waals surface area contributed by atoms with Crippen LogP contribution in [0.1, 0.15) is 46.5 Å². The zero-order chi connectivity index (χ0) is 34.7. The molecule has 2 amide bonds. The maximum absolute atomic E-state index is 14.1. The molecule has 0 saturated heterocycles. The minimum Gasteiger partial charge on any atom is -0.478 e. The van der Waals surface area contributed by atoms with Crippen molar-refractivity contribution in [2.45, 2.75) is 32.7 Å². The maximum atomic E-state index is 14.1. The van der Waals surface area contributed by atoms with Crippen LogP contribution in [0.3, 0.4) is 0 Å². The first-order valence-corrected chi connectivity index (χ1v) is 17.2. The molecule has 3 aromatic carbocycles. The molecule has 15 heteroatoms. The molecule has 1 heterocycles. The van der Waals surface area contributed by atoms with Crippen molar-refractivity contribution >= 4 is 48.5 Å². The van der Waals surface area contributed by atoms with Gasteiger partial charge in [-0.1, -0.05) is 47.1 Å².